The van der Waals surface area contributed by atoms with E-state index in [0.29, 0.717) is 0 Å². The van der Waals surface area contributed by atoms with Gasteiger partial charge in [-0.25, -0.2) is 20.1 Å². The summed E-state index contributed by atoms with van der Waals surface area (Å²) in [5.41, 5.74) is 10.1. The van der Waals surface area contributed by atoms with Gasteiger partial charge in [0.25, 0.3) is 0 Å². The van der Waals surface area contributed by atoms with E-state index in [-0.39, 0.29) is 0 Å². The van der Waals surface area contributed by atoms with Gasteiger partial charge in [-0.05, 0) is 33.1 Å². The van der Waals surface area contributed by atoms with Gasteiger partial charge in [0.2, 0.25) is 11.9 Å². The second-order valence-corrected chi connectivity index (χ2v) is 7.21. The van der Waals surface area contributed by atoms with E-state index >= 15 is 0 Å². The molecule has 4 heterocycles. The normalized spacial score (nSPS) is 16.5. The first-order valence-corrected chi connectivity index (χ1v) is 9.78. The maximum atomic E-state index is 4.77. The largest absolute Gasteiger partial charge is 0.340 e. The van der Waals surface area contributed by atoms with Crippen LogP contribution >= 0.6 is 0 Å². The quantitative estimate of drug-likeness (QED) is 0.798. The van der Waals surface area contributed by atoms with Crippen molar-refractivity contribution in [1.82, 2.24) is 29.9 Å². The lowest BCUT2D eigenvalue weighted by Gasteiger charge is -2.28. The second-order valence-electron chi connectivity index (χ2n) is 7.21. The van der Waals surface area contributed by atoms with E-state index in [1.807, 2.05) is 28.3 Å². The number of aromatic nitrogens is 5. The van der Waals surface area contributed by atoms with Crippen LogP contribution in [0.4, 0.5) is 11.9 Å². The van der Waals surface area contributed by atoms with E-state index in [0.717, 1.165) is 67.3 Å². The number of aryl methyl sites for hydroxylation is 3. The molecule has 0 atom stereocenters. The van der Waals surface area contributed by atoms with E-state index in [1.54, 1.807) is 0 Å². The molecule has 0 aliphatic carbocycles. The molecule has 9 nitrogen and oxygen atoms in total. The minimum absolute atomic E-state index is 0.831. The number of rotatable bonds is 6. The molecule has 9 heteroatoms. The molecule has 1 fully saturated rings. The van der Waals surface area contributed by atoms with Gasteiger partial charge < -0.3 is 4.90 Å². The van der Waals surface area contributed by atoms with Gasteiger partial charge in [-0.2, -0.15) is 4.98 Å². The van der Waals surface area contributed by atoms with Crippen molar-refractivity contribution < 1.29 is 0 Å². The minimum Gasteiger partial charge on any atom is -0.340 e. The molecule has 2 aliphatic rings. The highest BCUT2D eigenvalue weighted by Gasteiger charge is 2.23. The maximum absolute atomic E-state index is 4.77. The Labute approximate surface area is 160 Å². The van der Waals surface area contributed by atoms with Crippen LogP contribution in [0.15, 0.2) is 11.9 Å². The first kappa shape index (κ1) is 17.8. The number of anilines is 2. The number of hydrazine groups is 1. The molecule has 27 heavy (non-hydrogen) atoms. The van der Waals surface area contributed by atoms with Crippen LogP contribution in [0.1, 0.15) is 43.4 Å². The summed E-state index contributed by atoms with van der Waals surface area (Å²) >= 11 is 0. The standard InChI is InChI=1S/C18H29N9/c1-5-19-26-12-15(22-27-14(3)13(2)20-18(26)27)8-9-16-21-17(23-24(16)4)25-10-6-7-11-25/h12,19,22H,5-11H2,1-4H3. The minimum atomic E-state index is 0.831. The van der Waals surface area contributed by atoms with Crippen LogP contribution in [0.3, 0.4) is 0 Å². The fraction of sp³-hybridized carbons (Fsp3) is 0.611. The van der Waals surface area contributed by atoms with Gasteiger partial charge in [0.15, 0.2) is 0 Å². The monoisotopic (exact) mass is 371 g/mol. The Morgan fingerprint density at radius 1 is 1.15 bits per heavy atom. The molecule has 0 radical (unpaired) electrons. The average Bonchev–Trinajstić information content (AvgIpc) is 3.36. The zero-order chi connectivity index (χ0) is 19.0. The molecule has 0 spiro atoms. The predicted octanol–water partition coefficient (Wildman–Crippen LogP) is 1.59. The molecule has 2 aromatic heterocycles. The molecular weight excluding hydrogens is 342 g/mol. The molecule has 0 aromatic carbocycles. The summed E-state index contributed by atoms with van der Waals surface area (Å²) in [6.07, 6.45) is 6.23. The number of hydrogen-bond acceptors (Lipinski definition) is 7. The van der Waals surface area contributed by atoms with Gasteiger partial charge in [-0.15, -0.1) is 5.10 Å². The van der Waals surface area contributed by atoms with Crippen molar-refractivity contribution >= 4 is 11.9 Å². The predicted molar refractivity (Wildman–Crippen MR) is 106 cm³/mol. The van der Waals surface area contributed by atoms with Crippen molar-refractivity contribution in [3.05, 3.63) is 29.1 Å². The highest BCUT2D eigenvalue weighted by atomic mass is 15.6. The lowest BCUT2D eigenvalue weighted by molar-refractivity contribution is 0.650. The Morgan fingerprint density at radius 2 is 1.93 bits per heavy atom. The second kappa shape index (κ2) is 7.22. The molecule has 0 unspecified atom stereocenters. The third kappa shape index (κ3) is 3.39. The van der Waals surface area contributed by atoms with Gasteiger partial charge in [0.05, 0.1) is 17.1 Å². The van der Waals surface area contributed by atoms with Crippen LogP contribution < -0.4 is 20.8 Å². The number of allylic oxidation sites excluding steroid dienone is 1. The third-order valence-electron chi connectivity index (χ3n) is 5.26. The van der Waals surface area contributed by atoms with Crippen molar-refractivity contribution in [2.45, 2.75) is 46.5 Å². The SMILES string of the molecule is CCNN1C=C(CCc2nc(N3CCCC3)nn2C)Nn2c1nc(C)c2C. The fourth-order valence-electron chi connectivity index (χ4n) is 3.60. The maximum Gasteiger partial charge on any atom is 0.244 e. The smallest absolute Gasteiger partial charge is 0.244 e. The van der Waals surface area contributed by atoms with Crippen LogP contribution in [0.25, 0.3) is 0 Å². The zero-order valence-corrected chi connectivity index (χ0v) is 16.7. The molecule has 146 valence electrons. The Kier molecular flexibility index (Phi) is 4.77. The highest BCUT2D eigenvalue weighted by molar-refractivity contribution is 5.45. The van der Waals surface area contributed by atoms with Crippen LogP contribution in [-0.4, -0.2) is 44.1 Å². The molecule has 2 aromatic rings. The van der Waals surface area contributed by atoms with Crippen LogP contribution in [0.5, 0.6) is 0 Å². The summed E-state index contributed by atoms with van der Waals surface area (Å²) in [4.78, 5) is 11.7. The summed E-state index contributed by atoms with van der Waals surface area (Å²) in [6.45, 7) is 9.16. The van der Waals surface area contributed by atoms with Crippen molar-refractivity contribution in [3.8, 4) is 0 Å². The zero-order valence-electron chi connectivity index (χ0n) is 16.7. The van der Waals surface area contributed by atoms with Crippen LogP contribution in [-0.2, 0) is 13.5 Å². The third-order valence-corrected chi connectivity index (χ3v) is 5.26. The van der Waals surface area contributed by atoms with Gasteiger partial charge >= 0.3 is 0 Å². The van der Waals surface area contributed by atoms with Crippen molar-refractivity contribution in [3.63, 3.8) is 0 Å². The number of nitrogens with one attached hydrogen (secondary N) is 2. The van der Waals surface area contributed by atoms with Crippen molar-refractivity contribution in [1.29, 1.82) is 0 Å². The van der Waals surface area contributed by atoms with Gasteiger partial charge in [-0.1, -0.05) is 6.92 Å². The van der Waals surface area contributed by atoms with Crippen molar-refractivity contribution in [2.24, 2.45) is 7.05 Å². The lowest BCUT2D eigenvalue weighted by Crippen LogP contribution is -2.40. The molecule has 4 rings (SSSR count). The molecule has 0 saturated carbocycles. The summed E-state index contributed by atoms with van der Waals surface area (Å²) < 4.78 is 3.96. The molecule has 2 aliphatic heterocycles. The summed E-state index contributed by atoms with van der Waals surface area (Å²) in [7, 11) is 1.98. The van der Waals surface area contributed by atoms with Gasteiger partial charge in [-0.3, -0.25) is 10.1 Å². The van der Waals surface area contributed by atoms with E-state index in [2.05, 4.69) is 45.9 Å². The summed E-state index contributed by atoms with van der Waals surface area (Å²) in [5.74, 6) is 2.75. The Balaban J connectivity index is 1.48. The lowest BCUT2D eigenvalue weighted by atomic mass is 10.2. The Morgan fingerprint density at radius 3 is 2.67 bits per heavy atom. The molecule has 0 amide bonds. The molecule has 1 saturated heterocycles. The molecular formula is C18H29N9. The van der Waals surface area contributed by atoms with E-state index in [9.17, 15) is 0 Å². The first-order valence-electron chi connectivity index (χ1n) is 9.78. The highest BCUT2D eigenvalue weighted by Crippen LogP contribution is 2.23. The number of imidazole rings is 1. The summed E-state index contributed by atoms with van der Waals surface area (Å²) in [6, 6.07) is 0. The van der Waals surface area contributed by atoms with Gasteiger partial charge in [0, 0.05) is 39.3 Å². The number of hydrogen-bond donors (Lipinski definition) is 2. The Hall–Kier alpha value is -2.55. The van der Waals surface area contributed by atoms with Gasteiger partial charge in [0.1, 0.15) is 5.82 Å². The number of fused-ring (bicyclic) bond motifs is 1. The fourth-order valence-corrected chi connectivity index (χ4v) is 3.60. The average molecular weight is 371 g/mol. The van der Waals surface area contributed by atoms with Crippen LogP contribution in [0, 0.1) is 13.8 Å². The number of nitrogens with zero attached hydrogens (tertiary/aromatic N) is 7. The Bertz CT molecular complexity index is 841. The van der Waals surface area contributed by atoms with Crippen LogP contribution in [0.2, 0.25) is 0 Å². The van der Waals surface area contributed by atoms with E-state index < -0.39 is 0 Å². The molecule has 2 N–H and O–H groups in total. The summed E-state index contributed by atoms with van der Waals surface area (Å²) in [5, 5.41) is 6.61. The first-order chi connectivity index (χ1) is 13.1. The van der Waals surface area contributed by atoms with E-state index in [4.69, 9.17) is 4.98 Å². The molecule has 0 bridgehead atoms. The topological polar surface area (TPSA) is 79.1 Å². The van der Waals surface area contributed by atoms with E-state index in [1.165, 1.54) is 12.8 Å². The van der Waals surface area contributed by atoms with Crippen molar-refractivity contribution in [2.75, 3.05) is 35.0 Å².